The van der Waals surface area contributed by atoms with Crippen LogP contribution in [-0.4, -0.2) is 9.97 Å². The Kier molecular flexibility index (Phi) is 3.49. The van der Waals surface area contributed by atoms with Crippen molar-refractivity contribution in [1.29, 1.82) is 0 Å². The molecule has 1 N–H and O–H groups in total. The van der Waals surface area contributed by atoms with Crippen molar-refractivity contribution in [1.82, 2.24) is 9.97 Å². The monoisotopic (exact) mass is 255 g/mol. The average molecular weight is 256 g/mol. The molecule has 88 valence electrons. The van der Waals surface area contributed by atoms with Crippen molar-refractivity contribution < 1.29 is 8.78 Å². The Balaban J connectivity index is 2.07. The summed E-state index contributed by atoms with van der Waals surface area (Å²) in [4.78, 5) is 7.75. The van der Waals surface area contributed by atoms with Gasteiger partial charge in [-0.3, -0.25) is 4.98 Å². The molecule has 2 aromatic rings. The molecule has 6 heteroatoms. The van der Waals surface area contributed by atoms with Crippen molar-refractivity contribution in [3.05, 3.63) is 52.9 Å². The summed E-state index contributed by atoms with van der Waals surface area (Å²) in [6, 6.07) is 3.40. The first-order valence-corrected chi connectivity index (χ1v) is 5.18. The summed E-state index contributed by atoms with van der Waals surface area (Å²) in [5.74, 6) is -0.775. The Morgan fingerprint density at radius 2 is 2.06 bits per heavy atom. The minimum atomic E-state index is -0.604. The summed E-state index contributed by atoms with van der Waals surface area (Å²) in [6.45, 7) is 0.182. The number of rotatable bonds is 3. The second kappa shape index (κ2) is 5.05. The Hall–Kier alpha value is -1.75. The average Bonchev–Trinajstić information content (AvgIpc) is 2.28. The van der Waals surface area contributed by atoms with Crippen LogP contribution >= 0.6 is 11.6 Å². The quantitative estimate of drug-likeness (QED) is 0.916. The molecule has 0 saturated heterocycles. The topological polar surface area (TPSA) is 37.8 Å². The largest absolute Gasteiger partial charge is 0.365 e. The van der Waals surface area contributed by atoms with Crippen molar-refractivity contribution in [2.24, 2.45) is 0 Å². The molecular formula is C11H8ClF2N3. The highest BCUT2D eigenvalue weighted by molar-refractivity contribution is 6.29. The van der Waals surface area contributed by atoms with Crippen LogP contribution < -0.4 is 5.32 Å². The second-order valence-electron chi connectivity index (χ2n) is 3.32. The van der Waals surface area contributed by atoms with Crippen LogP contribution in [0.1, 0.15) is 5.56 Å². The van der Waals surface area contributed by atoms with Gasteiger partial charge in [-0.25, -0.2) is 13.8 Å². The number of nitrogens with zero attached hydrogens (tertiary/aromatic N) is 2. The molecule has 1 aromatic heterocycles. The maximum absolute atomic E-state index is 13.3. The summed E-state index contributed by atoms with van der Waals surface area (Å²) in [7, 11) is 0. The highest BCUT2D eigenvalue weighted by atomic mass is 35.5. The van der Waals surface area contributed by atoms with Gasteiger partial charge in [0, 0.05) is 18.2 Å². The van der Waals surface area contributed by atoms with Crippen LogP contribution in [0.5, 0.6) is 0 Å². The van der Waals surface area contributed by atoms with Gasteiger partial charge in [-0.15, -0.1) is 0 Å². The molecule has 0 aliphatic rings. The standard InChI is InChI=1S/C11H8ClF2N3/c12-10-5-15-6-11(17-10)16-4-7-1-2-8(13)3-9(7)14/h1-3,5-6H,4H2,(H,16,17). The van der Waals surface area contributed by atoms with Gasteiger partial charge in [0.2, 0.25) is 0 Å². The summed E-state index contributed by atoms with van der Waals surface area (Å²) in [5.41, 5.74) is 0.341. The van der Waals surface area contributed by atoms with E-state index in [0.717, 1.165) is 6.07 Å². The van der Waals surface area contributed by atoms with E-state index in [2.05, 4.69) is 15.3 Å². The lowest BCUT2D eigenvalue weighted by molar-refractivity contribution is 0.574. The molecule has 1 heterocycles. The second-order valence-corrected chi connectivity index (χ2v) is 3.70. The van der Waals surface area contributed by atoms with Crippen LogP contribution in [0.3, 0.4) is 0 Å². The summed E-state index contributed by atoms with van der Waals surface area (Å²) in [5, 5.41) is 3.09. The van der Waals surface area contributed by atoms with Gasteiger partial charge >= 0.3 is 0 Å². The molecule has 0 aliphatic heterocycles. The van der Waals surface area contributed by atoms with E-state index in [1.807, 2.05) is 0 Å². The molecule has 3 nitrogen and oxygen atoms in total. The third kappa shape index (κ3) is 3.10. The molecule has 17 heavy (non-hydrogen) atoms. The molecule has 0 aliphatic carbocycles. The number of halogens is 3. The van der Waals surface area contributed by atoms with Crippen LogP contribution in [-0.2, 0) is 6.54 Å². The van der Waals surface area contributed by atoms with Crippen molar-refractivity contribution in [3.8, 4) is 0 Å². The maximum atomic E-state index is 13.3. The molecule has 1 aromatic carbocycles. The summed E-state index contributed by atoms with van der Waals surface area (Å²) < 4.78 is 26.0. The van der Waals surface area contributed by atoms with Crippen molar-refractivity contribution in [3.63, 3.8) is 0 Å². The predicted molar refractivity (Wildman–Crippen MR) is 60.7 cm³/mol. The van der Waals surface area contributed by atoms with Gasteiger partial charge in [0.05, 0.1) is 12.4 Å². The molecule has 0 radical (unpaired) electrons. The number of anilines is 1. The number of aromatic nitrogens is 2. The number of hydrogen-bond acceptors (Lipinski definition) is 3. The van der Waals surface area contributed by atoms with Crippen molar-refractivity contribution >= 4 is 17.4 Å². The smallest absolute Gasteiger partial charge is 0.149 e. The highest BCUT2D eigenvalue weighted by Crippen LogP contribution is 2.12. The summed E-state index contributed by atoms with van der Waals surface area (Å²) >= 11 is 5.64. The normalized spacial score (nSPS) is 10.3. The van der Waals surface area contributed by atoms with Gasteiger partial charge < -0.3 is 5.32 Å². The SMILES string of the molecule is Fc1ccc(CNc2cncc(Cl)n2)c(F)c1. The van der Waals surface area contributed by atoms with Crippen molar-refractivity contribution in [2.75, 3.05) is 5.32 Å². The molecule has 2 rings (SSSR count). The van der Waals surface area contributed by atoms with E-state index >= 15 is 0 Å². The van der Waals surface area contributed by atoms with Gasteiger partial charge in [0.25, 0.3) is 0 Å². The zero-order valence-electron chi connectivity index (χ0n) is 8.62. The van der Waals surface area contributed by atoms with Crippen LogP contribution in [0.15, 0.2) is 30.6 Å². The molecule has 0 fully saturated rings. The first kappa shape index (κ1) is 11.7. The lowest BCUT2D eigenvalue weighted by Crippen LogP contribution is -2.04. The van der Waals surface area contributed by atoms with E-state index in [1.165, 1.54) is 24.5 Å². The highest BCUT2D eigenvalue weighted by Gasteiger charge is 2.04. The number of benzene rings is 1. The molecule has 0 amide bonds. The lowest BCUT2D eigenvalue weighted by Gasteiger charge is -2.06. The van der Waals surface area contributed by atoms with E-state index in [4.69, 9.17) is 11.6 Å². The fraction of sp³-hybridized carbons (Fsp3) is 0.0909. The molecule has 0 unspecified atom stereocenters. The number of hydrogen-bond donors (Lipinski definition) is 1. The van der Waals surface area contributed by atoms with Gasteiger partial charge in [-0.05, 0) is 6.07 Å². The molecule has 0 atom stereocenters. The van der Waals surface area contributed by atoms with Crippen LogP contribution in [0.2, 0.25) is 5.15 Å². The zero-order chi connectivity index (χ0) is 12.3. The minimum Gasteiger partial charge on any atom is -0.365 e. The Labute approximate surface area is 101 Å². The molecular weight excluding hydrogens is 248 g/mol. The Bertz CT molecular complexity index is 534. The first-order chi connectivity index (χ1) is 8.15. The predicted octanol–water partition coefficient (Wildman–Crippen LogP) is 3.02. The van der Waals surface area contributed by atoms with Gasteiger partial charge in [0.1, 0.15) is 22.6 Å². The fourth-order valence-corrected chi connectivity index (χ4v) is 1.43. The first-order valence-electron chi connectivity index (χ1n) is 4.80. The Morgan fingerprint density at radius 3 is 2.76 bits per heavy atom. The fourth-order valence-electron chi connectivity index (χ4n) is 1.28. The third-order valence-corrected chi connectivity index (χ3v) is 2.26. The van der Waals surface area contributed by atoms with E-state index in [0.29, 0.717) is 11.4 Å². The van der Waals surface area contributed by atoms with Gasteiger partial charge in [0.15, 0.2) is 0 Å². The van der Waals surface area contributed by atoms with Gasteiger partial charge in [-0.1, -0.05) is 17.7 Å². The minimum absolute atomic E-state index is 0.182. The Morgan fingerprint density at radius 1 is 1.24 bits per heavy atom. The maximum Gasteiger partial charge on any atom is 0.149 e. The molecule has 0 bridgehead atoms. The zero-order valence-corrected chi connectivity index (χ0v) is 9.38. The van der Waals surface area contributed by atoms with Crippen LogP contribution in [0, 0.1) is 11.6 Å². The van der Waals surface area contributed by atoms with E-state index in [1.54, 1.807) is 0 Å². The van der Waals surface area contributed by atoms with Crippen molar-refractivity contribution in [2.45, 2.75) is 6.54 Å². The van der Waals surface area contributed by atoms with Crippen LogP contribution in [0.4, 0.5) is 14.6 Å². The summed E-state index contributed by atoms with van der Waals surface area (Å²) in [6.07, 6.45) is 2.86. The molecule has 0 spiro atoms. The van der Waals surface area contributed by atoms with E-state index < -0.39 is 11.6 Å². The van der Waals surface area contributed by atoms with E-state index in [9.17, 15) is 8.78 Å². The lowest BCUT2D eigenvalue weighted by atomic mass is 10.2. The van der Waals surface area contributed by atoms with Gasteiger partial charge in [-0.2, -0.15) is 0 Å². The number of nitrogens with one attached hydrogen (secondary N) is 1. The molecule has 0 saturated carbocycles. The van der Waals surface area contributed by atoms with Crippen LogP contribution in [0.25, 0.3) is 0 Å². The van der Waals surface area contributed by atoms with E-state index in [-0.39, 0.29) is 11.7 Å². The third-order valence-electron chi connectivity index (χ3n) is 2.08.